The Bertz CT molecular complexity index is 2850. The van der Waals surface area contributed by atoms with E-state index in [0.29, 0.717) is 24.2 Å². The predicted molar refractivity (Wildman–Crippen MR) is 273 cm³/mol. The molecule has 7 aromatic heterocycles. The molecule has 0 fully saturated rings. The lowest BCUT2D eigenvalue weighted by Gasteiger charge is -2.10. The first-order valence-electron chi connectivity index (χ1n) is 22.6. The summed E-state index contributed by atoms with van der Waals surface area (Å²) in [6.07, 6.45) is 7.54. The highest BCUT2D eigenvalue weighted by atomic mass is 15.1. The van der Waals surface area contributed by atoms with Gasteiger partial charge in [-0.1, -0.05) is 91.0 Å². The van der Waals surface area contributed by atoms with E-state index in [9.17, 15) is 0 Å². The van der Waals surface area contributed by atoms with Crippen molar-refractivity contribution in [2.24, 2.45) is 0 Å². The summed E-state index contributed by atoms with van der Waals surface area (Å²) in [5.41, 5.74) is 11.2. The highest BCUT2D eigenvalue weighted by Gasteiger charge is 2.15. The molecule has 0 atom stereocenters. The van der Waals surface area contributed by atoms with Gasteiger partial charge in [0.25, 0.3) is 0 Å². The van der Waals surface area contributed by atoms with Crippen LogP contribution in [0.1, 0.15) is 79.6 Å². The summed E-state index contributed by atoms with van der Waals surface area (Å²) in [6, 6.07) is 54.9. The summed E-state index contributed by atoms with van der Waals surface area (Å²) in [7, 11) is 0. The second kappa shape index (κ2) is 17.9. The van der Waals surface area contributed by atoms with Crippen LogP contribution in [0.2, 0.25) is 0 Å². The van der Waals surface area contributed by atoms with Crippen molar-refractivity contribution < 1.29 is 0 Å². The van der Waals surface area contributed by atoms with E-state index >= 15 is 0 Å². The van der Waals surface area contributed by atoms with Crippen molar-refractivity contribution in [3.05, 3.63) is 176 Å². The molecule has 5 aromatic carbocycles. The van der Waals surface area contributed by atoms with Gasteiger partial charge in [0.1, 0.15) is 5.65 Å². The Labute approximate surface area is 375 Å². The minimum Gasteiger partial charge on any atom is -0.338 e. The molecule has 0 radical (unpaired) electrons. The van der Waals surface area contributed by atoms with Gasteiger partial charge in [0, 0.05) is 103 Å². The molecular formula is C57H57N7. The maximum atomic E-state index is 4.50. The van der Waals surface area contributed by atoms with Crippen LogP contribution < -0.4 is 0 Å². The van der Waals surface area contributed by atoms with Crippen molar-refractivity contribution in [1.29, 1.82) is 0 Å². The summed E-state index contributed by atoms with van der Waals surface area (Å²) in [6.45, 7) is 17.7. The Hall–Kier alpha value is -7.25. The number of nitrogens with zero attached hydrogens (tertiary/aromatic N) is 7. The van der Waals surface area contributed by atoms with E-state index in [0.717, 1.165) is 11.2 Å². The monoisotopic (exact) mass is 839 g/mol. The molecule has 12 rings (SSSR count). The highest BCUT2D eigenvalue weighted by molar-refractivity contribution is 6.09. The zero-order chi connectivity index (χ0) is 44.5. The molecule has 0 saturated heterocycles. The highest BCUT2D eigenvalue weighted by Crippen LogP contribution is 2.34. The third kappa shape index (κ3) is 7.55. The fraction of sp³-hybridized carbons (Fsp3) is 0.211. The number of benzene rings is 5. The van der Waals surface area contributed by atoms with Crippen molar-refractivity contribution in [3.8, 4) is 0 Å². The zero-order valence-corrected chi connectivity index (χ0v) is 38.2. The lowest BCUT2D eigenvalue weighted by molar-refractivity contribution is 0.637. The van der Waals surface area contributed by atoms with Gasteiger partial charge in [-0.15, -0.1) is 0 Å². The Morgan fingerprint density at radius 2 is 0.641 bits per heavy atom. The molecule has 0 bridgehead atoms. The topological polar surface area (TPSA) is 58.4 Å². The average Bonchev–Trinajstić information content (AvgIpc) is 4.05. The predicted octanol–water partition coefficient (Wildman–Crippen LogP) is 15.7. The van der Waals surface area contributed by atoms with Crippen LogP contribution in [0, 0.1) is 0 Å². The standard InChI is InChI=1S/C15H15N.3C14H14N2/c1-11(2)16-14-9-5-3-7-12(14)13-8-4-6-10-15(13)16;1-10(2)16-13-8-4-3-6-11(13)12-7-5-9-15-14(12)16;1-10(2)16-12-7-4-3-6-11(12)14-13(16)8-5-9-15-14;1-10(2)16-13-6-4-3-5-11(13)12-9-15-8-7-14(12)16/h3-11H,1-2H3;3*3-10H,1-2H3. The summed E-state index contributed by atoms with van der Waals surface area (Å²) in [4.78, 5) is 13.2. The minimum atomic E-state index is 0.428. The second-order valence-electron chi connectivity index (χ2n) is 17.6. The van der Waals surface area contributed by atoms with Gasteiger partial charge in [-0.25, -0.2) is 4.98 Å². The van der Waals surface area contributed by atoms with Gasteiger partial charge in [0.2, 0.25) is 0 Å². The molecule has 7 heteroatoms. The first-order chi connectivity index (χ1) is 31.2. The van der Waals surface area contributed by atoms with Crippen LogP contribution in [0.5, 0.6) is 0 Å². The van der Waals surface area contributed by atoms with Gasteiger partial charge in [0.05, 0.1) is 27.6 Å². The number of hydrogen-bond acceptors (Lipinski definition) is 3. The Kier molecular flexibility index (Phi) is 11.7. The molecule has 12 aromatic rings. The number of fused-ring (bicyclic) bond motifs is 12. The molecular weight excluding hydrogens is 783 g/mol. The van der Waals surface area contributed by atoms with Crippen molar-refractivity contribution in [2.75, 3.05) is 0 Å². The van der Waals surface area contributed by atoms with Crippen molar-refractivity contribution >= 4 is 87.5 Å². The SMILES string of the molecule is CC(C)n1c2ccccc2c2ccccc21.CC(C)n1c2ccccc2c2cccnc21.CC(C)n1c2ccccc2c2cnccc21.CC(C)n1c2ccccc2c2ncccc21. The quantitative estimate of drug-likeness (QED) is 0.177. The normalized spacial score (nSPS) is 11.7. The number of aromatic nitrogens is 7. The second-order valence-corrected chi connectivity index (χ2v) is 17.6. The van der Waals surface area contributed by atoms with Crippen LogP contribution in [-0.4, -0.2) is 33.2 Å². The summed E-state index contributed by atoms with van der Waals surface area (Å²) < 4.78 is 9.42. The Morgan fingerprint density at radius 3 is 1.16 bits per heavy atom. The van der Waals surface area contributed by atoms with E-state index in [-0.39, 0.29) is 0 Å². The third-order valence-corrected chi connectivity index (χ3v) is 12.1. The lowest BCUT2D eigenvalue weighted by Crippen LogP contribution is -2.00. The van der Waals surface area contributed by atoms with E-state index < -0.39 is 0 Å². The molecule has 0 amide bonds. The third-order valence-electron chi connectivity index (χ3n) is 12.1. The maximum Gasteiger partial charge on any atom is 0.141 e. The number of pyridine rings is 3. The summed E-state index contributed by atoms with van der Waals surface area (Å²) >= 11 is 0. The fourth-order valence-corrected chi connectivity index (χ4v) is 9.63. The minimum absolute atomic E-state index is 0.428. The summed E-state index contributed by atoms with van der Waals surface area (Å²) in [5, 5.41) is 9.02. The van der Waals surface area contributed by atoms with Crippen molar-refractivity contribution in [2.45, 2.75) is 79.6 Å². The smallest absolute Gasteiger partial charge is 0.141 e. The average molecular weight is 840 g/mol. The van der Waals surface area contributed by atoms with E-state index in [1.807, 2.05) is 36.9 Å². The maximum absolute atomic E-state index is 4.50. The van der Waals surface area contributed by atoms with Gasteiger partial charge in [0.15, 0.2) is 0 Å². The number of hydrogen-bond donors (Lipinski definition) is 0. The number of rotatable bonds is 4. The molecule has 0 N–H and O–H groups in total. The molecule has 320 valence electrons. The summed E-state index contributed by atoms with van der Waals surface area (Å²) in [5.74, 6) is 0. The van der Waals surface area contributed by atoms with E-state index in [2.05, 4.69) is 228 Å². The molecule has 0 aliphatic heterocycles. The molecule has 0 aliphatic rings. The lowest BCUT2D eigenvalue weighted by atomic mass is 10.2. The van der Waals surface area contributed by atoms with Crippen LogP contribution in [0.25, 0.3) is 87.5 Å². The molecule has 7 heterocycles. The molecule has 0 saturated carbocycles. The first kappa shape index (κ1) is 42.1. The van der Waals surface area contributed by atoms with E-state index in [4.69, 9.17) is 0 Å². The Morgan fingerprint density at radius 1 is 0.297 bits per heavy atom. The fourth-order valence-electron chi connectivity index (χ4n) is 9.63. The van der Waals surface area contributed by atoms with Crippen LogP contribution in [-0.2, 0) is 0 Å². The first-order valence-corrected chi connectivity index (χ1v) is 22.6. The van der Waals surface area contributed by atoms with Crippen LogP contribution in [0.15, 0.2) is 176 Å². The number of para-hydroxylation sites is 5. The van der Waals surface area contributed by atoms with E-state index in [1.54, 1.807) is 0 Å². The van der Waals surface area contributed by atoms with Crippen LogP contribution >= 0.6 is 0 Å². The Balaban J connectivity index is 0.000000108. The molecule has 0 spiro atoms. The van der Waals surface area contributed by atoms with Gasteiger partial charge in [-0.3, -0.25) is 9.97 Å². The van der Waals surface area contributed by atoms with Crippen molar-refractivity contribution in [3.63, 3.8) is 0 Å². The van der Waals surface area contributed by atoms with Gasteiger partial charge in [-0.2, -0.15) is 0 Å². The van der Waals surface area contributed by atoms with Gasteiger partial charge >= 0.3 is 0 Å². The van der Waals surface area contributed by atoms with Crippen molar-refractivity contribution in [1.82, 2.24) is 33.2 Å². The largest absolute Gasteiger partial charge is 0.338 e. The van der Waals surface area contributed by atoms with Crippen LogP contribution in [0.4, 0.5) is 0 Å². The van der Waals surface area contributed by atoms with Gasteiger partial charge in [-0.05, 0) is 116 Å². The zero-order valence-electron chi connectivity index (χ0n) is 38.2. The molecule has 0 aliphatic carbocycles. The van der Waals surface area contributed by atoms with Gasteiger partial charge < -0.3 is 18.3 Å². The van der Waals surface area contributed by atoms with Crippen LogP contribution in [0.3, 0.4) is 0 Å². The molecule has 0 unspecified atom stereocenters. The molecule has 64 heavy (non-hydrogen) atoms. The van der Waals surface area contributed by atoms with E-state index in [1.165, 1.54) is 76.3 Å². The molecule has 7 nitrogen and oxygen atoms in total.